The molecule has 0 nitrogen and oxygen atoms in total. The first-order chi connectivity index (χ1) is 42.3. The van der Waals surface area contributed by atoms with Crippen molar-refractivity contribution in [2.45, 2.75) is 19.6 Å². The minimum absolute atomic E-state index is 1.19. The third-order valence-electron chi connectivity index (χ3n) is 18.2. The average Bonchev–Trinajstić information content (AvgIpc) is 1.55. The van der Waals surface area contributed by atoms with Crippen LogP contribution in [0, 0.1) is 0 Å². The van der Waals surface area contributed by atoms with E-state index in [0.29, 0.717) is 0 Å². The quantitative estimate of drug-likeness (QED) is 0.0998. The molecule has 16 rings (SSSR count). The Morgan fingerprint density at radius 3 is 0.919 bits per heavy atom. The van der Waals surface area contributed by atoms with Crippen molar-refractivity contribution in [1.29, 1.82) is 0 Å². The van der Waals surface area contributed by atoms with Crippen molar-refractivity contribution in [2.24, 2.45) is 0 Å². The molecule has 1 heteroatoms. The summed E-state index contributed by atoms with van der Waals surface area (Å²) in [4.78, 5) is 0. The van der Waals surface area contributed by atoms with Gasteiger partial charge >= 0.3 is 0 Å². The maximum atomic E-state index is 2.54. The summed E-state index contributed by atoms with van der Waals surface area (Å²) in [7, 11) is -1.71. The molecule has 0 saturated carbocycles. The summed E-state index contributed by atoms with van der Waals surface area (Å²) in [5.74, 6) is 0. The van der Waals surface area contributed by atoms with E-state index in [9.17, 15) is 0 Å². The Balaban J connectivity index is 0.766. The molecular formula is C85H60Si. The molecule has 86 heavy (non-hydrogen) atoms. The molecular weight excluding hydrogens is 1050 g/mol. The molecule has 404 valence electrons. The van der Waals surface area contributed by atoms with Crippen LogP contribution in [0.15, 0.2) is 309 Å². The second kappa shape index (κ2) is 20.7. The highest BCUT2D eigenvalue weighted by Crippen LogP contribution is 2.48. The van der Waals surface area contributed by atoms with Gasteiger partial charge in [0, 0.05) is 0 Å². The normalized spacial score (nSPS) is 11.9. The smallest absolute Gasteiger partial charge is 0.0656 e. The average molecular weight is 1110 g/mol. The Labute approximate surface area is 503 Å². The van der Waals surface area contributed by atoms with Gasteiger partial charge in [0.25, 0.3) is 0 Å². The zero-order valence-corrected chi connectivity index (χ0v) is 49.4. The first-order valence-corrected chi connectivity index (χ1v) is 33.6. The number of fused-ring (bicyclic) bond motifs is 7. The van der Waals surface area contributed by atoms with Gasteiger partial charge in [0.2, 0.25) is 0 Å². The molecule has 0 radical (unpaired) electrons. The molecule has 0 heterocycles. The van der Waals surface area contributed by atoms with Crippen molar-refractivity contribution < 1.29 is 0 Å². The van der Waals surface area contributed by atoms with Crippen LogP contribution in [-0.4, -0.2) is 8.07 Å². The van der Waals surface area contributed by atoms with Gasteiger partial charge < -0.3 is 0 Å². The van der Waals surface area contributed by atoms with E-state index in [4.69, 9.17) is 0 Å². The van der Waals surface area contributed by atoms with E-state index < -0.39 is 8.07 Å². The zero-order valence-electron chi connectivity index (χ0n) is 48.4. The molecule has 0 amide bonds. The number of rotatable bonds is 9. The second-order valence-corrected chi connectivity index (χ2v) is 29.3. The van der Waals surface area contributed by atoms with Crippen molar-refractivity contribution >= 4 is 88.7 Å². The van der Waals surface area contributed by atoms with Gasteiger partial charge in [-0.05, 0) is 189 Å². The van der Waals surface area contributed by atoms with Gasteiger partial charge in [-0.1, -0.05) is 310 Å². The molecule has 0 aromatic heterocycles. The van der Waals surface area contributed by atoms with Gasteiger partial charge in [-0.15, -0.1) is 0 Å². The van der Waals surface area contributed by atoms with Gasteiger partial charge in [0.15, 0.2) is 0 Å². The van der Waals surface area contributed by atoms with Crippen molar-refractivity contribution in [3.63, 3.8) is 0 Å². The standard InChI is InChI=1S/C85H60Si/c1-86(2,3)67-47-49-80-81(54-67)85(79-38-13-12-37-78(79)84(80)65-29-15-25-62(52-65)71-40-18-23-57-21-5-7-32-69(57)71)66-30-16-26-63(53-66)72-41-19-27-60-50-59(46-48-73(60)72)55-42-44-58(45-43-55)82-74-33-8-10-35-76(74)83(77-36-11-9-34-75(77)82)64-28-14-24-61(51-64)70-39-17-22-56-20-4-6-31-68(56)70/h4-54H,1-3H3. The number of benzene rings is 16. The molecule has 0 bridgehead atoms. The van der Waals surface area contributed by atoms with Crippen molar-refractivity contribution in [3.8, 4) is 89.0 Å². The maximum absolute atomic E-state index is 2.54. The van der Waals surface area contributed by atoms with Crippen LogP contribution in [0.2, 0.25) is 19.6 Å². The van der Waals surface area contributed by atoms with Crippen molar-refractivity contribution in [3.05, 3.63) is 309 Å². The largest absolute Gasteiger partial charge is 0.0776 e. The summed E-state index contributed by atoms with van der Waals surface area (Å²) >= 11 is 0. The summed E-state index contributed by atoms with van der Waals surface area (Å²) in [6, 6.07) is 116. The fourth-order valence-electron chi connectivity index (χ4n) is 14.0. The number of hydrogen-bond donors (Lipinski definition) is 0. The predicted octanol–water partition coefficient (Wildman–Crippen LogP) is 23.6. The Morgan fingerprint density at radius 1 is 0.174 bits per heavy atom. The lowest BCUT2D eigenvalue weighted by Gasteiger charge is -2.22. The molecule has 0 atom stereocenters. The Bertz CT molecular complexity index is 5320. The van der Waals surface area contributed by atoms with E-state index in [-0.39, 0.29) is 0 Å². The Hall–Kier alpha value is -10.4. The molecule has 0 N–H and O–H groups in total. The van der Waals surface area contributed by atoms with Crippen LogP contribution in [0.1, 0.15) is 0 Å². The van der Waals surface area contributed by atoms with Crippen molar-refractivity contribution in [1.82, 2.24) is 0 Å². The van der Waals surface area contributed by atoms with E-state index in [1.54, 1.807) is 0 Å². The molecule has 0 saturated heterocycles. The predicted molar refractivity (Wildman–Crippen MR) is 375 cm³/mol. The highest BCUT2D eigenvalue weighted by molar-refractivity contribution is 6.88. The lowest BCUT2D eigenvalue weighted by atomic mass is 9.84. The lowest BCUT2D eigenvalue weighted by molar-refractivity contribution is 1.61. The summed E-state index contributed by atoms with van der Waals surface area (Å²) < 4.78 is 0. The first-order valence-electron chi connectivity index (χ1n) is 30.1. The van der Waals surface area contributed by atoms with Crippen LogP contribution >= 0.6 is 0 Å². The fraction of sp³-hybridized carbons (Fsp3) is 0.0353. The molecule has 0 aliphatic carbocycles. The Morgan fingerprint density at radius 2 is 0.477 bits per heavy atom. The topological polar surface area (TPSA) is 0 Å². The van der Waals surface area contributed by atoms with E-state index in [2.05, 4.69) is 329 Å². The van der Waals surface area contributed by atoms with Gasteiger partial charge in [-0.3, -0.25) is 0 Å². The van der Waals surface area contributed by atoms with Crippen LogP contribution in [0.5, 0.6) is 0 Å². The monoisotopic (exact) mass is 1110 g/mol. The van der Waals surface area contributed by atoms with Gasteiger partial charge in [-0.25, -0.2) is 0 Å². The molecule has 0 fully saturated rings. The highest BCUT2D eigenvalue weighted by atomic mass is 28.3. The summed E-state index contributed by atoms with van der Waals surface area (Å²) in [5, 5.41) is 19.1. The van der Waals surface area contributed by atoms with Gasteiger partial charge in [-0.2, -0.15) is 0 Å². The summed E-state index contributed by atoms with van der Waals surface area (Å²) in [6.07, 6.45) is 0. The second-order valence-electron chi connectivity index (χ2n) is 24.3. The maximum Gasteiger partial charge on any atom is 0.0776 e. The molecule has 0 spiro atoms. The van der Waals surface area contributed by atoms with Crippen LogP contribution in [0.4, 0.5) is 0 Å². The van der Waals surface area contributed by atoms with Crippen LogP contribution in [0.25, 0.3) is 164 Å². The molecule has 16 aromatic carbocycles. The van der Waals surface area contributed by atoms with E-state index >= 15 is 0 Å². The first kappa shape index (κ1) is 51.2. The van der Waals surface area contributed by atoms with Crippen LogP contribution in [0.3, 0.4) is 0 Å². The zero-order chi connectivity index (χ0) is 57.5. The number of hydrogen-bond acceptors (Lipinski definition) is 0. The van der Waals surface area contributed by atoms with Crippen LogP contribution in [-0.2, 0) is 0 Å². The Kier molecular flexibility index (Phi) is 12.3. The fourth-order valence-corrected chi connectivity index (χ4v) is 15.2. The van der Waals surface area contributed by atoms with Gasteiger partial charge in [0.05, 0.1) is 8.07 Å². The molecule has 16 aromatic rings. The minimum atomic E-state index is -1.71. The molecule has 0 aliphatic rings. The lowest BCUT2D eigenvalue weighted by Crippen LogP contribution is -2.37. The van der Waals surface area contributed by atoms with E-state index in [1.165, 1.54) is 170 Å². The summed E-state index contributed by atoms with van der Waals surface area (Å²) in [5.41, 5.74) is 19.8. The minimum Gasteiger partial charge on any atom is -0.0656 e. The third-order valence-corrected chi connectivity index (χ3v) is 20.2. The highest BCUT2D eigenvalue weighted by Gasteiger charge is 2.23. The third kappa shape index (κ3) is 8.73. The van der Waals surface area contributed by atoms with E-state index in [1.807, 2.05) is 0 Å². The molecule has 0 aliphatic heterocycles. The van der Waals surface area contributed by atoms with Crippen LogP contribution < -0.4 is 5.19 Å². The van der Waals surface area contributed by atoms with Crippen molar-refractivity contribution in [2.75, 3.05) is 0 Å². The summed E-state index contributed by atoms with van der Waals surface area (Å²) in [6.45, 7) is 7.38. The van der Waals surface area contributed by atoms with E-state index in [0.717, 1.165) is 0 Å². The van der Waals surface area contributed by atoms with Gasteiger partial charge in [0.1, 0.15) is 0 Å². The molecule has 0 unspecified atom stereocenters. The SMILES string of the molecule is C[Si](C)(C)c1ccc2c(-c3cccc(-c4cccc5ccccc45)c3)c3ccccc3c(-c3cccc(-c4cccc5cc(-c6ccc(-c7c8ccccc8c(-c8cccc(-c9cccc%10ccccc9%10)c8)c8ccccc78)cc6)ccc45)c3)c2c1.